The number of ether oxygens (including phenoxy) is 1. The molecule has 1 unspecified atom stereocenters. The summed E-state index contributed by atoms with van der Waals surface area (Å²) in [6, 6.07) is 6.21. The van der Waals surface area contributed by atoms with Crippen LogP contribution in [0, 0.1) is 0 Å². The van der Waals surface area contributed by atoms with Gasteiger partial charge in [-0.1, -0.05) is 31.9 Å². The van der Waals surface area contributed by atoms with Crippen molar-refractivity contribution in [2.45, 2.75) is 51.4 Å². The smallest absolute Gasteiger partial charge is 0.223 e. The minimum Gasteiger partial charge on any atom is -0.496 e. The van der Waals surface area contributed by atoms with Crippen molar-refractivity contribution < 1.29 is 9.53 Å². The Balaban J connectivity index is 2.13. The van der Waals surface area contributed by atoms with Crippen LogP contribution in [0.3, 0.4) is 0 Å². The van der Waals surface area contributed by atoms with E-state index in [4.69, 9.17) is 10.5 Å². The van der Waals surface area contributed by atoms with Crippen molar-refractivity contribution in [3.05, 3.63) is 29.3 Å². The highest BCUT2D eigenvalue weighted by molar-refractivity contribution is 5.77. The van der Waals surface area contributed by atoms with Crippen LogP contribution in [0.25, 0.3) is 0 Å². The maximum absolute atomic E-state index is 12.7. The van der Waals surface area contributed by atoms with Crippen molar-refractivity contribution in [2.24, 2.45) is 5.73 Å². The molecule has 4 nitrogen and oxygen atoms in total. The lowest BCUT2D eigenvalue weighted by Crippen LogP contribution is -2.33. The third-order valence-electron chi connectivity index (χ3n) is 4.81. The normalized spacial score (nSPS) is 16.7. The third-order valence-corrected chi connectivity index (χ3v) is 4.81. The minimum absolute atomic E-state index is 0.0206. The summed E-state index contributed by atoms with van der Waals surface area (Å²) < 4.78 is 5.49. The van der Waals surface area contributed by atoms with Gasteiger partial charge in [-0.2, -0.15) is 0 Å². The number of carbonyl (C=O) groups is 1. The van der Waals surface area contributed by atoms with Crippen LogP contribution in [-0.4, -0.2) is 37.6 Å². The molecule has 2 rings (SSSR count). The van der Waals surface area contributed by atoms with Crippen LogP contribution < -0.4 is 10.5 Å². The Kier molecular flexibility index (Phi) is 6.90. The highest BCUT2D eigenvalue weighted by atomic mass is 16.5. The minimum atomic E-state index is 0.0206. The standard InChI is InChI=1S/C19H30N2O2/c1-3-15-8-9-18(23-2)17(12-15)16(14-20)13-19(22)21-10-6-4-5-7-11-21/h8-9,12,16H,3-7,10-11,13-14,20H2,1-2H3. The van der Waals surface area contributed by atoms with E-state index in [0.717, 1.165) is 43.7 Å². The molecule has 0 aliphatic carbocycles. The fraction of sp³-hybridized carbons (Fsp3) is 0.632. The van der Waals surface area contributed by atoms with Gasteiger partial charge in [0.1, 0.15) is 5.75 Å². The predicted octanol–water partition coefficient (Wildman–Crippen LogP) is 3.09. The number of amides is 1. The first-order chi connectivity index (χ1) is 11.2. The first-order valence-electron chi connectivity index (χ1n) is 8.84. The number of carbonyl (C=O) groups excluding carboxylic acids is 1. The van der Waals surface area contributed by atoms with Gasteiger partial charge in [-0.3, -0.25) is 4.79 Å². The summed E-state index contributed by atoms with van der Waals surface area (Å²) in [5.74, 6) is 1.08. The molecule has 0 spiro atoms. The van der Waals surface area contributed by atoms with Gasteiger partial charge >= 0.3 is 0 Å². The average Bonchev–Trinajstić information content (AvgIpc) is 2.88. The quantitative estimate of drug-likeness (QED) is 0.877. The first kappa shape index (κ1) is 17.8. The molecular formula is C19H30N2O2. The lowest BCUT2D eigenvalue weighted by molar-refractivity contribution is -0.131. The van der Waals surface area contributed by atoms with Gasteiger partial charge in [0.2, 0.25) is 5.91 Å². The van der Waals surface area contributed by atoms with Crippen molar-refractivity contribution in [3.8, 4) is 5.75 Å². The number of hydrogen-bond acceptors (Lipinski definition) is 3. The second-order valence-corrected chi connectivity index (χ2v) is 6.36. The Hall–Kier alpha value is -1.55. The van der Waals surface area contributed by atoms with E-state index in [1.807, 2.05) is 11.0 Å². The number of rotatable bonds is 6. The molecule has 1 aliphatic heterocycles. The topological polar surface area (TPSA) is 55.6 Å². The second kappa shape index (κ2) is 8.92. The van der Waals surface area contributed by atoms with E-state index in [1.165, 1.54) is 18.4 Å². The molecule has 1 saturated heterocycles. The van der Waals surface area contributed by atoms with E-state index in [-0.39, 0.29) is 11.8 Å². The lowest BCUT2D eigenvalue weighted by Gasteiger charge is -2.24. The van der Waals surface area contributed by atoms with Crippen molar-refractivity contribution in [1.82, 2.24) is 4.90 Å². The molecule has 1 heterocycles. The van der Waals surface area contributed by atoms with E-state index in [9.17, 15) is 4.79 Å². The Labute approximate surface area is 140 Å². The van der Waals surface area contributed by atoms with Crippen LogP contribution in [0.1, 0.15) is 56.1 Å². The second-order valence-electron chi connectivity index (χ2n) is 6.36. The summed E-state index contributed by atoms with van der Waals surface area (Å²) in [7, 11) is 1.68. The molecule has 0 radical (unpaired) electrons. The molecule has 23 heavy (non-hydrogen) atoms. The molecular weight excluding hydrogens is 288 g/mol. The molecule has 1 atom stereocenters. The highest BCUT2D eigenvalue weighted by Gasteiger charge is 2.23. The molecule has 1 aliphatic rings. The van der Waals surface area contributed by atoms with Crippen LogP contribution in [0.2, 0.25) is 0 Å². The zero-order valence-electron chi connectivity index (χ0n) is 14.5. The Morgan fingerprint density at radius 3 is 2.52 bits per heavy atom. The summed E-state index contributed by atoms with van der Waals surface area (Å²) in [4.78, 5) is 14.7. The van der Waals surface area contributed by atoms with Crippen LogP contribution in [-0.2, 0) is 11.2 Å². The zero-order valence-corrected chi connectivity index (χ0v) is 14.5. The molecule has 0 saturated carbocycles. The number of methoxy groups -OCH3 is 1. The van der Waals surface area contributed by atoms with Crippen LogP contribution in [0.4, 0.5) is 0 Å². The zero-order chi connectivity index (χ0) is 16.7. The molecule has 1 aromatic rings. The van der Waals surface area contributed by atoms with Crippen molar-refractivity contribution in [2.75, 3.05) is 26.7 Å². The number of hydrogen-bond donors (Lipinski definition) is 1. The van der Waals surface area contributed by atoms with Gasteiger partial charge < -0.3 is 15.4 Å². The average molecular weight is 318 g/mol. The molecule has 1 amide bonds. The lowest BCUT2D eigenvalue weighted by atomic mass is 9.92. The molecule has 0 aromatic heterocycles. The van der Waals surface area contributed by atoms with Crippen LogP contribution in [0.5, 0.6) is 5.75 Å². The Morgan fingerprint density at radius 2 is 1.96 bits per heavy atom. The summed E-state index contributed by atoms with van der Waals surface area (Å²) in [6.45, 7) is 4.37. The number of aryl methyl sites for hydroxylation is 1. The van der Waals surface area contributed by atoms with E-state index < -0.39 is 0 Å². The van der Waals surface area contributed by atoms with Crippen molar-refractivity contribution in [1.29, 1.82) is 0 Å². The summed E-state index contributed by atoms with van der Waals surface area (Å²) in [5.41, 5.74) is 8.32. The predicted molar refractivity (Wildman–Crippen MR) is 93.8 cm³/mol. The van der Waals surface area contributed by atoms with Crippen molar-refractivity contribution >= 4 is 5.91 Å². The van der Waals surface area contributed by atoms with Crippen LogP contribution >= 0.6 is 0 Å². The molecule has 128 valence electrons. The Bertz CT molecular complexity index is 508. The van der Waals surface area contributed by atoms with Gasteiger partial charge in [-0.15, -0.1) is 0 Å². The van der Waals surface area contributed by atoms with E-state index >= 15 is 0 Å². The molecule has 0 bridgehead atoms. The van der Waals surface area contributed by atoms with Gasteiger partial charge in [-0.25, -0.2) is 0 Å². The van der Waals surface area contributed by atoms with Gasteiger partial charge in [0.05, 0.1) is 7.11 Å². The summed E-state index contributed by atoms with van der Waals surface area (Å²) >= 11 is 0. The maximum atomic E-state index is 12.7. The molecule has 1 fully saturated rings. The number of likely N-dealkylation sites (tertiary alicyclic amines) is 1. The molecule has 1 aromatic carbocycles. The number of nitrogens with two attached hydrogens (primary N) is 1. The first-order valence-corrected chi connectivity index (χ1v) is 8.84. The van der Waals surface area contributed by atoms with E-state index in [0.29, 0.717) is 13.0 Å². The monoisotopic (exact) mass is 318 g/mol. The fourth-order valence-corrected chi connectivity index (χ4v) is 3.30. The molecule has 2 N–H and O–H groups in total. The Morgan fingerprint density at radius 1 is 1.26 bits per heavy atom. The van der Waals surface area contributed by atoms with Gasteiger partial charge in [0.25, 0.3) is 0 Å². The van der Waals surface area contributed by atoms with Crippen molar-refractivity contribution in [3.63, 3.8) is 0 Å². The van der Waals surface area contributed by atoms with E-state index in [1.54, 1.807) is 7.11 Å². The van der Waals surface area contributed by atoms with Gasteiger partial charge in [-0.05, 0) is 43.0 Å². The SMILES string of the molecule is CCc1ccc(OC)c(C(CN)CC(=O)N2CCCCCC2)c1. The summed E-state index contributed by atoms with van der Waals surface area (Å²) in [6.07, 6.45) is 6.14. The fourth-order valence-electron chi connectivity index (χ4n) is 3.30. The number of benzene rings is 1. The summed E-state index contributed by atoms with van der Waals surface area (Å²) in [5, 5.41) is 0. The largest absolute Gasteiger partial charge is 0.496 e. The maximum Gasteiger partial charge on any atom is 0.223 e. The van der Waals surface area contributed by atoms with E-state index in [2.05, 4.69) is 19.1 Å². The third kappa shape index (κ3) is 4.71. The number of nitrogens with zero attached hydrogens (tertiary/aromatic N) is 1. The highest BCUT2D eigenvalue weighted by Crippen LogP contribution is 2.30. The van der Waals surface area contributed by atoms with Crippen LogP contribution in [0.15, 0.2) is 18.2 Å². The van der Waals surface area contributed by atoms with Gasteiger partial charge in [0.15, 0.2) is 0 Å². The van der Waals surface area contributed by atoms with Gasteiger partial charge in [0, 0.05) is 25.4 Å². The molecule has 4 heteroatoms.